The minimum Gasteiger partial charge on any atom is -0.390 e. The highest BCUT2D eigenvalue weighted by atomic mass is 16.5. The second-order valence-corrected chi connectivity index (χ2v) is 4.39. The molecule has 1 unspecified atom stereocenters. The molecule has 2 aliphatic heterocycles. The third-order valence-electron chi connectivity index (χ3n) is 3.50. The van der Waals surface area contributed by atoms with Gasteiger partial charge in [0.25, 0.3) is 0 Å². The lowest BCUT2D eigenvalue weighted by Crippen LogP contribution is -2.62. The number of nitrogens with two attached hydrogens (primary N) is 1. The van der Waals surface area contributed by atoms with Crippen molar-refractivity contribution in [1.29, 1.82) is 0 Å². The van der Waals surface area contributed by atoms with Gasteiger partial charge in [-0.15, -0.1) is 0 Å². The number of aliphatic hydroxyl groups excluding tert-OH is 1. The first-order valence-corrected chi connectivity index (χ1v) is 4.67. The molecule has 0 spiro atoms. The van der Waals surface area contributed by atoms with Gasteiger partial charge in [-0.25, -0.2) is 0 Å². The molecule has 1 saturated carbocycles. The van der Waals surface area contributed by atoms with Gasteiger partial charge in [-0.2, -0.15) is 0 Å². The van der Waals surface area contributed by atoms with Gasteiger partial charge < -0.3 is 15.6 Å². The molecule has 12 heavy (non-hydrogen) atoms. The summed E-state index contributed by atoms with van der Waals surface area (Å²) in [5.74, 6) is 0. The zero-order valence-corrected chi connectivity index (χ0v) is 7.55. The highest BCUT2D eigenvalue weighted by molar-refractivity contribution is 5.04. The smallest absolute Gasteiger partial charge is 0.0939 e. The first-order chi connectivity index (χ1) is 5.56. The molecule has 3 aliphatic rings. The largest absolute Gasteiger partial charge is 0.390 e. The highest BCUT2D eigenvalue weighted by Crippen LogP contribution is 2.43. The Bertz CT molecular complexity index is 166. The minimum absolute atomic E-state index is 0.0867. The standard InChI is InChI=1S/C9H17NO2/c1-7(11)9-4-2-8(10,3-5-9)6-12-9/h7,11H,2-6,10H2,1H3. The van der Waals surface area contributed by atoms with E-state index in [0.717, 1.165) is 25.7 Å². The van der Waals surface area contributed by atoms with E-state index >= 15 is 0 Å². The first kappa shape index (κ1) is 8.48. The van der Waals surface area contributed by atoms with Gasteiger partial charge in [-0.05, 0) is 32.6 Å². The maximum absolute atomic E-state index is 9.57. The van der Waals surface area contributed by atoms with E-state index in [2.05, 4.69) is 0 Å². The molecule has 3 nitrogen and oxygen atoms in total. The molecular weight excluding hydrogens is 154 g/mol. The van der Waals surface area contributed by atoms with Crippen molar-refractivity contribution < 1.29 is 9.84 Å². The molecule has 3 heteroatoms. The van der Waals surface area contributed by atoms with Crippen molar-refractivity contribution in [1.82, 2.24) is 0 Å². The Hall–Kier alpha value is -0.120. The fraction of sp³-hybridized carbons (Fsp3) is 1.00. The molecule has 0 amide bonds. The lowest BCUT2D eigenvalue weighted by molar-refractivity contribution is -0.197. The molecular formula is C9H17NO2. The molecule has 3 rings (SSSR count). The predicted octanol–water partition coefficient (Wildman–Crippen LogP) is 0.408. The van der Waals surface area contributed by atoms with Crippen molar-refractivity contribution in [2.45, 2.75) is 49.9 Å². The summed E-state index contributed by atoms with van der Waals surface area (Å²) in [6, 6.07) is 0. The van der Waals surface area contributed by atoms with E-state index in [9.17, 15) is 5.11 Å². The van der Waals surface area contributed by atoms with Crippen LogP contribution in [-0.2, 0) is 4.74 Å². The molecule has 70 valence electrons. The van der Waals surface area contributed by atoms with Crippen LogP contribution in [0.5, 0.6) is 0 Å². The van der Waals surface area contributed by atoms with Crippen LogP contribution < -0.4 is 5.73 Å². The Labute approximate surface area is 72.9 Å². The van der Waals surface area contributed by atoms with Crippen LogP contribution in [0.3, 0.4) is 0 Å². The van der Waals surface area contributed by atoms with Crippen LogP contribution in [0.1, 0.15) is 32.6 Å². The third-order valence-corrected chi connectivity index (χ3v) is 3.50. The molecule has 1 atom stereocenters. The molecule has 2 heterocycles. The Morgan fingerprint density at radius 3 is 2.25 bits per heavy atom. The van der Waals surface area contributed by atoms with E-state index in [1.165, 1.54) is 0 Å². The second-order valence-electron chi connectivity index (χ2n) is 4.39. The van der Waals surface area contributed by atoms with E-state index in [0.29, 0.717) is 6.61 Å². The van der Waals surface area contributed by atoms with Crippen LogP contribution in [-0.4, -0.2) is 29.0 Å². The summed E-state index contributed by atoms with van der Waals surface area (Å²) in [6.45, 7) is 2.44. The van der Waals surface area contributed by atoms with Gasteiger partial charge in [0.1, 0.15) is 0 Å². The van der Waals surface area contributed by atoms with Gasteiger partial charge in [-0.1, -0.05) is 0 Å². The van der Waals surface area contributed by atoms with E-state index in [1.807, 2.05) is 6.92 Å². The summed E-state index contributed by atoms with van der Waals surface area (Å²) in [7, 11) is 0. The summed E-state index contributed by atoms with van der Waals surface area (Å²) in [5, 5.41) is 9.57. The fourth-order valence-electron chi connectivity index (χ4n) is 2.29. The van der Waals surface area contributed by atoms with Crippen LogP contribution in [0.15, 0.2) is 0 Å². The van der Waals surface area contributed by atoms with Gasteiger partial charge in [0, 0.05) is 5.54 Å². The highest BCUT2D eigenvalue weighted by Gasteiger charge is 2.50. The van der Waals surface area contributed by atoms with E-state index in [1.54, 1.807) is 0 Å². The van der Waals surface area contributed by atoms with Crippen LogP contribution in [0, 0.1) is 0 Å². The van der Waals surface area contributed by atoms with Crippen LogP contribution in [0.4, 0.5) is 0 Å². The number of aliphatic hydroxyl groups is 1. The lowest BCUT2D eigenvalue weighted by Gasteiger charge is -2.52. The molecule has 2 saturated heterocycles. The van der Waals surface area contributed by atoms with Gasteiger partial charge in [0.15, 0.2) is 0 Å². The Balaban J connectivity index is 2.14. The topological polar surface area (TPSA) is 55.5 Å². The van der Waals surface area contributed by atoms with Crippen molar-refractivity contribution in [3.63, 3.8) is 0 Å². The number of ether oxygens (including phenoxy) is 1. The molecule has 0 aromatic carbocycles. The van der Waals surface area contributed by atoms with Crippen molar-refractivity contribution in [3.05, 3.63) is 0 Å². The predicted molar refractivity (Wildman–Crippen MR) is 45.8 cm³/mol. The van der Waals surface area contributed by atoms with Crippen molar-refractivity contribution in [2.75, 3.05) is 6.61 Å². The maximum Gasteiger partial charge on any atom is 0.0939 e. The molecule has 3 N–H and O–H groups in total. The second kappa shape index (κ2) is 2.44. The summed E-state index contributed by atoms with van der Waals surface area (Å²) in [5.41, 5.74) is 5.70. The van der Waals surface area contributed by atoms with Gasteiger partial charge in [-0.3, -0.25) is 0 Å². The first-order valence-electron chi connectivity index (χ1n) is 4.67. The minimum atomic E-state index is -0.359. The summed E-state index contributed by atoms with van der Waals surface area (Å²) in [4.78, 5) is 0. The SMILES string of the molecule is CC(O)C12CCC(N)(CC1)CO2. The van der Waals surface area contributed by atoms with E-state index in [4.69, 9.17) is 10.5 Å². The lowest BCUT2D eigenvalue weighted by atomic mass is 9.70. The number of rotatable bonds is 1. The monoisotopic (exact) mass is 171 g/mol. The Morgan fingerprint density at radius 1 is 1.33 bits per heavy atom. The van der Waals surface area contributed by atoms with E-state index in [-0.39, 0.29) is 17.2 Å². The number of hydrogen-bond donors (Lipinski definition) is 2. The molecule has 1 aliphatic carbocycles. The Morgan fingerprint density at radius 2 is 1.92 bits per heavy atom. The summed E-state index contributed by atoms with van der Waals surface area (Å²) >= 11 is 0. The van der Waals surface area contributed by atoms with E-state index < -0.39 is 0 Å². The summed E-state index contributed by atoms with van der Waals surface area (Å²) in [6.07, 6.45) is 3.47. The van der Waals surface area contributed by atoms with Gasteiger partial charge in [0.05, 0.1) is 18.3 Å². The van der Waals surface area contributed by atoms with Crippen molar-refractivity contribution in [3.8, 4) is 0 Å². The van der Waals surface area contributed by atoms with Gasteiger partial charge in [0.2, 0.25) is 0 Å². The Kier molecular flexibility index (Phi) is 1.72. The van der Waals surface area contributed by atoms with Crippen LogP contribution in [0.2, 0.25) is 0 Å². The summed E-state index contributed by atoms with van der Waals surface area (Å²) < 4.78 is 5.65. The number of fused-ring (bicyclic) bond motifs is 3. The quantitative estimate of drug-likeness (QED) is 0.600. The van der Waals surface area contributed by atoms with Crippen molar-refractivity contribution in [2.24, 2.45) is 5.73 Å². The maximum atomic E-state index is 9.57. The zero-order chi connectivity index (χ0) is 8.82. The normalized spacial score (nSPS) is 49.2. The fourth-order valence-corrected chi connectivity index (χ4v) is 2.29. The third kappa shape index (κ3) is 1.08. The molecule has 0 aromatic rings. The molecule has 2 bridgehead atoms. The average molecular weight is 171 g/mol. The molecule has 3 fully saturated rings. The average Bonchev–Trinajstić information content (AvgIpc) is 2.06. The number of hydrogen-bond acceptors (Lipinski definition) is 3. The molecule has 0 aromatic heterocycles. The van der Waals surface area contributed by atoms with Gasteiger partial charge >= 0.3 is 0 Å². The van der Waals surface area contributed by atoms with Crippen molar-refractivity contribution >= 4 is 0 Å². The molecule has 0 radical (unpaired) electrons. The van der Waals surface area contributed by atoms with Crippen LogP contribution >= 0.6 is 0 Å². The zero-order valence-electron chi connectivity index (χ0n) is 7.55. The van der Waals surface area contributed by atoms with Crippen LogP contribution in [0.25, 0.3) is 0 Å².